The molecule has 1 N–H and O–H groups in total. The molecular weight excluding hydrogens is 340 g/mol. The molecule has 27 heavy (non-hydrogen) atoms. The number of hydrogen-bond donors (Lipinski definition) is 1. The zero-order valence-corrected chi connectivity index (χ0v) is 15.7. The van der Waals surface area contributed by atoms with Crippen molar-refractivity contribution in [3.8, 4) is 17.6 Å². The van der Waals surface area contributed by atoms with Gasteiger partial charge in [-0.05, 0) is 49.6 Å². The molecule has 0 radical (unpaired) electrons. The van der Waals surface area contributed by atoms with Crippen molar-refractivity contribution in [2.24, 2.45) is 5.41 Å². The Morgan fingerprint density at radius 1 is 1.30 bits per heavy atom. The number of rotatable bonds is 11. The molecule has 1 saturated carbocycles. The first-order chi connectivity index (χ1) is 13.0. The third-order valence-electron chi connectivity index (χ3n) is 4.51. The summed E-state index contributed by atoms with van der Waals surface area (Å²) in [7, 11) is 0. The van der Waals surface area contributed by atoms with Gasteiger partial charge in [-0.15, -0.1) is 5.92 Å². The van der Waals surface area contributed by atoms with Crippen LogP contribution in [0.25, 0.3) is 0 Å². The summed E-state index contributed by atoms with van der Waals surface area (Å²) in [6, 6.07) is 7.49. The number of carbonyl (C=O) groups is 1. The molecule has 0 aromatic heterocycles. The average Bonchev–Trinajstić information content (AvgIpc) is 3.43. The van der Waals surface area contributed by atoms with Gasteiger partial charge in [0.15, 0.2) is 0 Å². The molecule has 0 bridgehead atoms. The summed E-state index contributed by atoms with van der Waals surface area (Å²) in [5.41, 5.74) is 0.926. The van der Waals surface area contributed by atoms with Crippen LogP contribution in [0.5, 0.6) is 5.75 Å². The van der Waals surface area contributed by atoms with Crippen molar-refractivity contribution in [1.82, 2.24) is 0 Å². The number of carboxylic acids is 1. The lowest BCUT2D eigenvalue weighted by molar-refractivity contribution is -0.137. The highest BCUT2D eigenvalue weighted by molar-refractivity contribution is 5.69. The van der Waals surface area contributed by atoms with E-state index in [2.05, 4.69) is 25.0 Å². The maximum absolute atomic E-state index is 11.0. The third kappa shape index (κ3) is 6.38. The summed E-state index contributed by atoms with van der Waals surface area (Å²) in [6.45, 7) is 10.3. The Kier molecular flexibility index (Phi) is 7.31. The first-order valence-electron chi connectivity index (χ1n) is 8.97. The lowest BCUT2D eigenvalue weighted by Crippen LogP contribution is -2.19. The number of allylic oxidation sites excluding steroid dienone is 3. The molecule has 0 amide bonds. The zero-order chi connectivity index (χ0) is 19.7. The number of benzene rings is 1. The highest BCUT2D eigenvalue weighted by atomic mass is 16.5. The highest BCUT2D eigenvalue weighted by Crippen LogP contribution is 2.46. The SMILES string of the molecule is C=CC=C(C=C)OCC1(COc2ccc(C(C#CC)CC(=O)O)cc2)CC1. The van der Waals surface area contributed by atoms with E-state index >= 15 is 0 Å². The summed E-state index contributed by atoms with van der Waals surface area (Å²) in [5, 5.41) is 9.03. The van der Waals surface area contributed by atoms with Gasteiger partial charge in [0.25, 0.3) is 0 Å². The fourth-order valence-corrected chi connectivity index (χ4v) is 2.67. The molecular formula is C23H26O4. The van der Waals surface area contributed by atoms with Crippen LogP contribution in [0.4, 0.5) is 0 Å². The number of carboxylic acid groups (broad SMARTS) is 1. The Morgan fingerprint density at radius 3 is 2.52 bits per heavy atom. The zero-order valence-electron chi connectivity index (χ0n) is 15.7. The molecule has 0 spiro atoms. The van der Waals surface area contributed by atoms with Crippen LogP contribution < -0.4 is 4.74 Å². The molecule has 1 unspecified atom stereocenters. The highest BCUT2D eigenvalue weighted by Gasteiger charge is 2.44. The second kappa shape index (κ2) is 9.68. The molecule has 4 heteroatoms. The molecule has 1 aliphatic rings. The van der Waals surface area contributed by atoms with Gasteiger partial charge in [-0.25, -0.2) is 0 Å². The van der Waals surface area contributed by atoms with Gasteiger partial charge in [-0.2, -0.15) is 0 Å². The van der Waals surface area contributed by atoms with E-state index in [1.54, 1.807) is 25.2 Å². The molecule has 142 valence electrons. The smallest absolute Gasteiger partial charge is 0.304 e. The molecule has 1 atom stereocenters. The summed E-state index contributed by atoms with van der Waals surface area (Å²) in [5.74, 6) is 6.05. The molecule has 0 heterocycles. The van der Waals surface area contributed by atoms with Crippen molar-refractivity contribution in [2.75, 3.05) is 13.2 Å². The monoisotopic (exact) mass is 366 g/mol. The van der Waals surface area contributed by atoms with Gasteiger partial charge in [0.2, 0.25) is 0 Å². The van der Waals surface area contributed by atoms with E-state index in [4.69, 9.17) is 14.6 Å². The minimum Gasteiger partial charge on any atom is -0.493 e. The fourth-order valence-electron chi connectivity index (χ4n) is 2.67. The van der Waals surface area contributed by atoms with E-state index in [9.17, 15) is 4.79 Å². The van der Waals surface area contributed by atoms with Gasteiger partial charge >= 0.3 is 5.97 Å². The van der Waals surface area contributed by atoms with E-state index in [-0.39, 0.29) is 17.8 Å². The predicted octanol–water partition coefficient (Wildman–Crippen LogP) is 4.70. The molecule has 1 fully saturated rings. The molecule has 1 aromatic carbocycles. The van der Waals surface area contributed by atoms with Crippen LogP contribution in [0.15, 0.2) is 61.4 Å². The number of aliphatic carboxylic acids is 1. The molecule has 1 aromatic rings. The summed E-state index contributed by atoms with van der Waals surface area (Å²) in [6.07, 6.45) is 7.26. The second-order valence-corrected chi connectivity index (χ2v) is 6.70. The van der Waals surface area contributed by atoms with Crippen LogP contribution in [0.3, 0.4) is 0 Å². The van der Waals surface area contributed by atoms with Crippen LogP contribution in [-0.4, -0.2) is 24.3 Å². The van der Waals surface area contributed by atoms with Gasteiger partial charge < -0.3 is 14.6 Å². The molecule has 1 aliphatic carbocycles. The minimum atomic E-state index is -0.858. The molecule has 0 aliphatic heterocycles. The van der Waals surface area contributed by atoms with E-state index < -0.39 is 5.97 Å². The Balaban J connectivity index is 1.91. The quantitative estimate of drug-likeness (QED) is 0.350. The fraction of sp³-hybridized carbons (Fsp3) is 0.348. The van der Waals surface area contributed by atoms with Crippen LogP contribution in [0.2, 0.25) is 0 Å². The average molecular weight is 366 g/mol. The van der Waals surface area contributed by atoms with Crippen LogP contribution in [0, 0.1) is 17.3 Å². The van der Waals surface area contributed by atoms with E-state index in [0.29, 0.717) is 19.0 Å². The van der Waals surface area contributed by atoms with Crippen molar-refractivity contribution in [3.63, 3.8) is 0 Å². The van der Waals surface area contributed by atoms with Crippen molar-refractivity contribution < 1.29 is 19.4 Å². The molecule has 2 rings (SSSR count). The maximum Gasteiger partial charge on any atom is 0.304 e. The molecule has 0 saturated heterocycles. The second-order valence-electron chi connectivity index (χ2n) is 6.70. The van der Waals surface area contributed by atoms with E-state index in [1.165, 1.54) is 0 Å². The number of hydrogen-bond acceptors (Lipinski definition) is 3. The topological polar surface area (TPSA) is 55.8 Å². The van der Waals surface area contributed by atoms with Crippen LogP contribution in [-0.2, 0) is 9.53 Å². The van der Waals surface area contributed by atoms with Gasteiger partial charge in [0.1, 0.15) is 11.5 Å². The largest absolute Gasteiger partial charge is 0.493 e. The first-order valence-corrected chi connectivity index (χ1v) is 8.97. The third-order valence-corrected chi connectivity index (χ3v) is 4.51. The van der Waals surface area contributed by atoms with E-state index in [1.807, 2.05) is 24.3 Å². The number of ether oxygens (including phenoxy) is 2. The molecule has 4 nitrogen and oxygen atoms in total. The Hall–Kier alpha value is -2.93. The Morgan fingerprint density at radius 2 is 2.00 bits per heavy atom. The van der Waals surface area contributed by atoms with Gasteiger partial charge in [0.05, 0.1) is 25.6 Å². The van der Waals surface area contributed by atoms with Gasteiger partial charge in [-0.3, -0.25) is 4.79 Å². The van der Waals surface area contributed by atoms with E-state index in [0.717, 1.165) is 24.2 Å². The Labute approximate surface area is 161 Å². The summed E-state index contributed by atoms with van der Waals surface area (Å²) >= 11 is 0. The lowest BCUT2D eigenvalue weighted by Gasteiger charge is -2.18. The van der Waals surface area contributed by atoms with Gasteiger partial charge in [0, 0.05) is 5.41 Å². The Bertz CT molecular complexity index is 758. The summed E-state index contributed by atoms with van der Waals surface area (Å²) in [4.78, 5) is 11.0. The summed E-state index contributed by atoms with van der Waals surface area (Å²) < 4.78 is 11.7. The normalized spacial score (nSPS) is 15.7. The predicted molar refractivity (Wildman–Crippen MR) is 106 cm³/mol. The van der Waals surface area contributed by atoms with Gasteiger partial charge in [-0.1, -0.05) is 37.3 Å². The maximum atomic E-state index is 11.0. The minimum absolute atomic E-state index is 0.00857. The van der Waals surface area contributed by atoms with Crippen LogP contribution >= 0.6 is 0 Å². The van der Waals surface area contributed by atoms with Crippen molar-refractivity contribution in [2.45, 2.75) is 32.1 Å². The van der Waals surface area contributed by atoms with Crippen molar-refractivity contribution in [1.29, 1.82) is 0 Å². The van der Waals surface area contributed by atoms with Crippen molar-refractivity contribution >= 4 is 5.97 Å². The lowest BCUT2D eigenvalue weighted by atomic mass is 9.96. The first kappa shape index (κ1) is 20.4. The van der Waals surface area contributed by atoms with Crippen molar-refractivity contribution in [3.05, 3.63) is 67.0 Å². The van der Waals surface area contributed by atoms with Crippen LogP contribution in [0.1, 0.15) is 37.7 Å². The standard InChI is InChI=1S/C23H26O4/c1-4-7-19(15-22(24)25)18-9-11-21(12-10-18)27-17-23(13-14-23)16-26-20(6-3)8-5-2/h5-6,8-12,19H,2-3,13-17H2,1H3,(H,24,25).